The first kappa shape index (κ1) is 37.5. The molecule has 1 N–H and O–H groups in total. The molecule has 10 nitrogen and oxygen atoms in total. The number of H-pyrrole nitrogens is 1. The lowest BCUT2D eigenvalue weighted by molar-refractivity contribution is -0.146. The number of hydrogen-bond donors (Lipinski definition) is 1. The SMILES string of the molecule is CC.CC.COc1cc(C)c2c(ccn2C(=O)OC(C)(C)C)c1CN1CCCN(CC(F)(F)F)CC1c1ccc(-c2nn[nH]n2)cc1. The number of carbonyl (C=O) groups excluding carboxylic acids is 1. The molecule has 4 aromatic rings. The van der Waals surface area contributed by atoms with Gasteiger partial charge in [-0.1, -0.05) is 52.0 Å². The van der Waals surface area contributed by atoms with Crippen molar-refractivity contribution in [1.29, 1.82) is 0 Å². The topological polar surface area (TPSA) is 101 Å². The van der Waals surface area contributed by atoms with Crippen LogP contribution < -0.4 is 4.74 Å². The van der Waals surface area contributed by atoms with Crippen molar-refractivity contribution in [2.45, 2.75) is 86.2 Å². The summed E-state index contributed by atoms with van der Waals surface area (Å²) in [6, 6.07) is 10.9. The van der Waals surface area contributed by atoms with Gasteiger partial charge in [-0.05, 0) is 69.1 Å². The van der Waals surface area contributed by atoms with Crippen LogP contribution in [-0.4, -0.2) is 86.2 Å². The average molecular weight is 660 g/mol. The summed E-state index contributed by atoms with van der Waals surface area (Å²) in [7, 11) is 1.59. The fraction of sp³-hybridized carbons (Fsp3) is 0.529. The summed E-state index contributed by atoms with van der Waals surface area (Å²) in [5.41, 5.74) is 3.35. The van der Waals surface area contributed by atoms with Crippen LogP contribution in [0.1, 0.15) is 77.6 Å². The summed E-state index contributed by atoms with van der Waals surface area (Å²) in [6.07, 6.45) is -2.54. The Morgan fingerprint density at radius 2 is 1.72 bits per heavy atom. The largest absolute Gasteiger partial charge is 0.496 e. The second-order valence-corrected chi connectivity index (χ2v) is 11.9. The minimum absolute atomic E-state index is 0.192. The maximum atomic E-state index is 13.5. The van der Waals surface area contributed by atoms with Gasteiger partial charge in [0.25, 0.3) is 0 Å². The van der Waals surface area contributed by atoms with Crippen molar-refractivity contribution in [1.82, 2.24) is 35.0 Å². The van der Waals surface area contributed by atoms with Gasteiger partial charge in [0, 0.05) is 48.4 Å². The molecule has 13 heteroatoms. The van der Waals surface area contributed by atoms with E-state index in [1.807, 2.05) is 91.8 Å². The number of aromatic amines is 1. The summed E-state index contributed by atoms with van der Waals surface area (Å²) >= 11 is 0. The third-order valence-corrected chi connectivity index (χ3v) is 7.49. The fourth-order valence-corrected chi connectivity index (χ4v) is 5.72. The standard InChI is InChI=1S/C30H36F3N7O3.2C2H6/c1-19-15-25(42-5)23(22-11-14-40(26(19)22)28(41)43-29(2,3)4)16-39-13-6-12-38(18-30(31,32)33)17-24(39)20-7-9-21(10-8-20)27-34-36-37-35-27;2*1-2/h7-11,14-15,24H,6,12-13,16-18H2,1-5H3,(H,34,35,36,37);2*1-2H3. The molecule has 1 aliphatic heterocycles. The Morgan fingerprint density at radius 3 is 2.30 bits per heavy atom. The van der Waals surface area contributed by atoms with Crippen molar-refractivity contribution >= 4 is 17.0 Å². The van der Waals surface area contributed by atoms with E-state index in [-0.39, 0.29) is 12.6 Å². The third-order valence-electron chi connectivity index (χ3n) is 7.49. The van der Waals surface area contributed by atoms with Crippen molar-refractivity contribution in [3.63, 3.8) is 0 Å². The number of ether oxygens (including phenoxy) is 2. The maximum absolute atomic E-state index is 13.5. The molecule has 0 spiro atoms. The van der Waals surface area contributed by atoms with Gasteiger partial charge in [-0.2, -0.15) is 18.4 Å². The Morgan fingerprint density at radius 1 is 1.04 bits per heavy atom. The first-order valence-electron chi connectivity index (χ1n) is 16.1. The third kappa shape index (κ3) is 9.54. The highest BCUT2D eigenvalue weighted by molar-refractivity contribution is 5.95. The molecule has 258 valence electrons. The first-order valence-corrected chi connectivity index (χ1v) is 16.1. The first-order chi connectivity index (χ1) is 22.3. The molecule has 0 radical (unpaired) electrons. The molecule has 0 saturated carbocycles. The average Bonchev–Trinajstić information content (AvgIpc) is 3.69. The number of nitrogens with zero attached hydrogens (tertiary/aromatic N) is 6. The van der Waals surface area contributed by atoms with Gasteiger partial charge in [0.2, 0.25) is 5.82 Å². The number of halogens is 3. The van der Waals surface area contributed by atoms with Crippen LogP contribution in [0, 0.1) is 6.92 Å². The van der Waals surface area contributed by atoms with Crippen LogP contribution in [0.25, 0.3) is 22.3 Å². The van der Waals surface area contributed by atoms with E-state index in [1.165, 1.54) is 9.47 Å². The molecular weight excluding hydrogens is 611 g/mol. The van der Waals surface area contributed by atoms with E-state index in [0.29, 0.717) is 43.1 Å². The van der Waals surface area contributed by atoms with E-state index in [2.05, 4.69) is 25.5 Å². The van der Waals surface area contributed by atoms with E-state index >= 15 is 0 Å². The van der Waals surface area contributed by atoms with Crippen LogP contribution in [-0.2, 0) is 11.3 Å². The van der Waals surface area contributed by atoms with Gasteiger partial charge in [-0.15, -0.1) is 10.2 Å². The zero-order valence-electron chi connectivity index (χ0n) is 28.9. The second-order valence-electron chi connectivity index (χ2n) is 11.9. The maximum Gasteiger partial charge on any atom is 0.419 e. The van der Waals surface area contributed by atoms with Gasteiger partial charge in [0.05, 0.1) is 19.2 Å². The number of fused-ring (bicyclic) bond motifs is 1. The van der Waals surface area contributed by atoms with E-state index in [4.69, 9.17) is 9.47 Å². The summed E-state index contributed by atoms with van der Waals surface area (Å²) in [5.74, 6) is 1.08. The van der Waals surface area contributed by atoms with Gasteiger partial charge >= 0.3 is 12.3 Å². The van der Waals surface area contributed by atoms with Crippen LogP contribution in [0.4, 0.5) is 18.0 Å². The van der Waals surface area contributed by atoms with Crippen molar-refractivity contribution in [3.05, 3.63) is 59.3 Å². The summed E-state index contributed by atoms with van der Waals surface area (Å²) < 4.78 is 53.5. The lowest BCUT2D eigenvalue weighted by Crippen LogP contribution is -2.39. The molecule has 5 rings (SSSR count). The molecule has 1 saturated heterocycles. The zero-order valence-corrected chi connectivity index (χ0v) is 28.9. The number of rotatable bonds is 6. The minimum atomic E-state index is -4.31. The van der Waals surface area contributed by atoms with Crippen LogP contribution in [0.5, 0.6) is 5.75 Å². The van der Waals surface area contributed by atoms with Crippen LogP contribution in [0.15, 0.2) is 42.6 Å². The molecule has 0 bridgehead atoms. The van der Waals surface area contributed by atoms with E-state index < -0.39 is 24.4 Å². The summed E-state index contributed by atoms with van der Waals surface area (Å²) in [5, 5.41) is 14.9. The number of carbonyl (C=O) groups is 1. The normalized spacial score (nSPS) is 16.0. The minimum Gasteiger partial charge on any atom is -0.496 e. The Kier molecular flexibility index (Phi) is 12.9. The molecule has 0 amide bonds. The highest BCUT2D eigenvalue weighted by atomic mass is 19.4. The number of tetrazole rings is 1. The van der Waals surface area contributed by atoms with Gasteiger partial charge in [-0.25, -0.2) is 4.79 Å². The number of methoxy groups -OCH3 is 1. The predicted molar refractivity (Wildman–Crippen MR) is 177 cm³/mol. The van der Waals surface area contributed by atoms with Gasteiger partial charge in [-0.3, -0.25) is 14.4 Å². The smallest absolute Gasteiger partial charge is 0.419 e. The Bertz CT molecular complexity index is 1560. The van der Waals surface area contributed by atoms with Gasteiger partial charge < -0.3 is 9.47 Å². The molecule has 2 aromatic heterocycles. The Balaban J connectivity index is 0.00000144. The molecule has 47 heavy (non-hydrogen) atoms. The highest BCUT2D eigenvalue weighted by Crippen LogP contribution is 2.37. The summed E-state index contributed by atoms with van der Waals surface area (Å²) in [4.78, 5) is 16.7. The molecular formula is C34H48F3N7O3. The van der Waals surface area contributed by atoms with Gasteiger partial charge in [0.1, 0.15) is 11.4 Å². The molecule has 2 aromatic carbocycles. The molecule has 1 fully saturated rings. The Labute approximate surface area is 275 Å². The molecule has 0 aliphatic carbocycles. The van der Waals surface area contributed by atoms with Crippen LogP contribution in [0.3, 0.4) is 0 Å². The zero-order chi connectivity index (χ0) is 34.9. The number of aryl methyl sites for hydroxylation is 1. The van der Waals surface area contributed by atoms with E-state index in [9.17, 15) is 18.0 Å². The second kappa shape index (κ2) is 16.2. The molecule has 1 unspecified atom stereocenters. The van der Waals surface area contributed by atoms with Crippen molar-refractivity contribution < 1.29 is 27.4 Å². The van der Waals surface area contributed by atoms with Crippen LogP contribution >= 0.6 is 0 Å². The number of benzene rings is 2. The lowest BCUT2D eigenvalue weighted by atomic mass is 10.00. The molecule has 1 atom stereocenters. The van der Waals surface area contributed by atoms with Crippen molar-refractivity contribution in [3.8, 4) is 17.1 Å². The summed E-state index contributed by atoms with van der Waals surface area (Å²) in [6.45, 7) is 15.9. The highest BCUT2D eigenvalue weighted by Gasteiger charge is 2.35. The lowest BCUT2D eigenvalue weighted by Gasteiger charge is -2.33. The molecule has 3 heterocycles. The van der Waals surface area contributed by atoms with E-state index in [1.54, 1.807) is 13.3 Å². The van der Waals surface area contributed by atoms with Crippen LogP contribution in [0.2, 0.25) is 0 Å². The Hall–Kier alpha value is -3.97. The fourth-order valence-electron chi connectivity index (χ4n) is 5.72. The van der Waals surface area contributed by atoms with E-state index in [0.717, 1.165) is 27.6 Å². The van der Waals surface area contributed by atoms with Crippen molar-refractivity contribution in [2.75, 3.05) is 33.3 Å². The molecule has 1 aliphatic rings. The predicted octanol–water partition coefficient (Wildman–Crippen LogP) is 7.79. The number of hydrogen-bond acceptors (Lipinski definition) is 8. The number of alkyl halides is 3. The number of aromatic nitrogens is 5. The quantitative estimate of drug-likeness (QED) is 0.224. The number of nitrogens with one attached hydrogen (secondary N) is 1. The monoisotopic (exact) mass is 659 g/mol. The van der Waals surface area contributed by atoms with Crippen molar-refractivity contribution in [2.24, 2.45) is 0 Å². The van der Waals surface area contributed by atoms with Gasteiger partial charge in [0.15, 0.2) is 0 Å².